The minimum Gasteiger partial charge on any atom is -0.481 e. The van der Waals surface area contributed by atoms with Gasteiger partial charge in [0.05, 0.1) is 5.56 Å². The maximum atomic E-state index is 11.7. The summed E-state index contributed by atoms with van der Waals surface area (Å²) in [5, 5.41) is 11.1. The molecule has 1 rings (SSSR count). The van der Waals surface area contributed by atoms with E-state index in [4.69, 9.17) is 5.11 Å². The number of aliphatic carboxylic acids is 1. The molecular formula is C11H15NO3S. The first kappa shape index (κ1) is 12.7. The quantitative estimate of drug-likeness (QED) is 0.774. The summed E-state index contributed by atoms with van der Waals surface area (Å²) < 4.78 is 0. The molecule has 16 heavy (non-hydrogen) atoms. The molecule has 0 bridgehead atoms. The summed E-state index contributed by atoms with van der Waals surface area (Å²) in [6.07, 6.45) is 0.547. The van der Waals surface area contributed by atoms with Crippen LogP contribution in [-0.2, 0) is 4.79 Å². The summed E-state index contributed by atoms with van der Waals surface area (Å²) in [6.45, 7) is 4.27. The molecule has 1 amide bonds. The number of nitrogens with one attached hydrogen (secondary N) is 1. The van der Waals surface area contributed by atoms with Gasteiger partial charge in [-0.1, -0.05) is 0 Å². The van der Waals surface area contributed by atoms with Crippen molar-refractivity contribution in [2.45, 2.75) is 26.7 Å². The molecule has 1 heterocycles. The van der Waals surface area contributed by atoms with Gasteiger partial charge in [0.15, 0.2) is 0 Å². The van der Waals surface area contributed by atoms with Crippen molar-refractivity contribution in [3.8, 4) is 0 Å². The first-order chi connectivity index (χ1) is 7.50. The van der Waals surface area contributed by atoms with Crippen LogP contribution in [0.25, 0.3) is 0 Å². The molecule has 0 atom stereocenters. The van der Waals surface area contributed by atoms with E-state index in [1.165, 1.54) is 0 Å². The lowest BCUT2D eigenvalue weighted by molar-refractivity contribution is -0.137. The van der Waals surface area contributed by atoms with Crippen LogP contribution in [0.5, 0.6) is 0 Å². The van der Waals surface area contributed by atoms with E-state index in [9.17, 15) is 9.59 Å². The zero-order chi connectivity index (χ0) is 12.1. The molecule has 1 aromatic heterocycles. The maximum absolute atomic E-state index is 11.7. The van der Waals surface area contributed by atoms with Gasteiger partial charge in [-0.3, -0.25) is 9.59 Å². The van der Waals surface area contributed by atoms with Gasteiger partial charge >= 0.3 is 5.97 Å². The zero-order valence-electron chi connectivity index (χ0n) is 9.37. The molecular weight excluding hydrogens is 226 g/mol. The molecule has 0 aliphatic heterocycles. The number of aryl methyl sites for hydroxylation is 2. The first-order valence-electron chi connectivity index (χ1n) is 5.07. The fourth-order valence-electron chi connectivity index (χ4n) is 1.39. The smallest absolute Gasteiger partial charge is 0.303 e. The lowest BCUT2D eigenvalue weighted by Crippen LogP contribution is -2.25. The normalized spacial score (nSPS) is 10.1. The third-order valence-electron chi connectivity index (χ3n) is 2.14. The summed E-state index contributed by atoms with van der Waals surface area (Å²) in [4.78, 5) is 24.0. The van der Waals surface area contributed by atoms with E-state index in [0.29, 0.717) is 18.5 Å². The number of hydrogen-bond acceptors (Lipinski definition) is 3. The van der Waals surface area contributed by atoms with Crippen molar-refractivity contribution in [3.63, 3.8) is 0 Å². The van der Waals surface area contributed by atoms with Gasteiger partial charge in [-0.2, -0.15) is 0 Å². The number of carboxylic acid groups (broad SMARTS) is 1. The van der Waals surface area contributed by atoms with Crippen LogP contribution in [0, 0.1) is 13.8 Å². The summed E-state index contributed by atoms with van der Waals surface area (Å²) in [5.41, 5.74) is 0.692. The molecule has 0 fully saturated rings. The first-order valence-corrected chi connectivity index (χ1v) is 5.89. The van der Waals surface area contributed by atoms with Crippen molar-refractivity contribution in [3.05, 3.63) is 21.4 Å². The molecule has 88 valence electrons. The molecule has 5 heteroatoms. The number of thiophene rings is 1. The van der Waals surface area contributed by atoms with E-state index in [-0.39, 0.29) is 12.3 Å². The van der Waals surface area contributed by atoms with Crippen LogP contribution in [0.4, 0.5) is 0 Å². The number of carbonyl (C=O) groups excluding carboxylic acids is 1. The fraction of sp³-hybridized carbons (Fsp3) is 0.455. The second kappa shape index (κ2) is 5.65. The molecule has 0 aliphatic rings. The van der Waals surface area contributed by atoms with Crippen LogP contribution in [0.3, 0.4) is 0 Å². The monoisotopic (exact) mass is 241 g/mol. The third kappa shape index (κ3) is 3.66. The number of carbonyl (C=O) groups is 2. The van der Waals surface area contributed by atoms with Crippen molar-refractivity contribution in [2.24, 2.45) is 0 Å². The Morgan fingerprint density at radius 2 is 2.12 bits per heavy atom. The second-order valence-electron chi connectivity index (χ2n) is 3.58. The Bertz CT molecular complexity index is 398. The molecule has 4 nitrogen and oxygen atoms in total. The Morgan fingerprint density at radius 3 is 2.62 bits per heavy atom. The van der Waals surface area contributed by atoms with Crippen molar-refractivity contribution < 1.29 is 14.7 Å². The van der Waals surface area contributed by atoms with Crippen LogP contribution < -0.4 is 5.32 Å². The highest BCUT2D eigenvalue weighted by Gasteiger charge is 2.11. The molecule has 0 saturated heterocycles. The predicted octanol–water partition coefficient (Wildman–Crippen LogP) is 1.96. The average molecular weight is 241 g/mol. The standard InChI is InChI=1S/C11H15NO3S/c1-7-6-9(8(2)16-7)11(15)12-5-3-4-10(13)14/h6H,3-5H2,1-2H3,(H,12,15)(H,13,14). The van der Waals surface area contributed by atoms with E-state index in [1.807, 2.05) is 19.9 Å². The average Bonchev–Trinajstić information content (AvgIpc) is 2.52. The zero-order valence-corrected chi connectivity index (χ0v) is 10.2. The molecule has 0 aliphatic carbocycles. The lowest BCUT2D eigenvalue weighted by Gasteiger charge is -2.03. The number of amides is 1. The van der Waals surface area contributed by atoms with Gasteiger partial charge in [0.25, 0.3) is 5.91 Å². The molecule has 0 aromatic carbocycles. The molecule has 1 aromatic rings. The lowest BCUT2D eigenvalue weighted by atomic mass is 10.2. The number of rotatable bonds is 5. The van der Waals surface area contributed by atoms with Crippen LogP contribution in [0.15, 0.2) is 6.07 Å². The van der Waals surface area contributed by atoms with Gasteiger partial charge in [-0.05, 0) is 26.3 Å². The van der Waals surface area contributed by atoms with Crippen molar-refractivity contribution in [1.29, 1.82) is 0 Å². The van der Waals surface area contributed by atoms with Gasteiger partial charge in [-0.15, -0.1) is 11.3 Å². The molecule has 0 radical (unpaired) electrons. The minimum absolute atomic E-state index is 0.0852. The van der Waals surface area contributed by atoms with E-state index in [0.717, 1.165) is 9.75 Å². The number of hydrogen-bond donors (Lipinski definition) is 2. The van der Waals surface area contributed by atoms with Crippen molar-refractivity contribution in [1.82, 2.24) is 5.32 Å². The number of carboxylic acids is 1. The Morgan fingerprint density at radius 1 is 1.44 bits per heavy atom. The molecule has 0 saturated carbocycles. The Kier molecular flexibility index (Phi) is 4.49. The van der Waals surface area contributed by atoms with Gasteiger partial charge in [0, 0.05) is 22.7 Å². The fourth-order valence-corrected chi connectivity index (χ4v) is 2.31. The Labute approximate surface area is 98.3 Å². The van der Waals surface area contributed by atoms with E-state index in [1.54, 1.807) is 11.3 Å². The molecule has 0 unspecified atom stereocenters. The van der Waals surface area contributed by atoms with Gasteiger partial charge in [-0.25, -0.2) is 0 Å². The Hall–Kier alpha value is -1.36. The Balaban J connectivity index is 2.41. The topological polar surface area (TPSA) is 66.4 Å². The molecule has 0 spiro atoms. The third-order valence-corrected chi connectivity index (χ3v) is 3.10. The predicted molar refractivity (Wildman–Crippen MR) is 63.0 cm³/mol. The SMILES string of the molecule is Cc1cc(C(=O)NCCCC(=O)O)c(C)s1. The van der Waals surface area contributed by atoms with Crippen LogP contribution in [-0.4, -0.2) is 23.5 Å². The highest BCUT2D eigenvalue weighted by atomic mass is 32.1. The molecule has 2 N–H and O–H groups in total. The highest BCUT2D eigenvalue weighted by molar-refractivity contribution is 7.12. The van der Waals surface area contributed by atoms with Crippen LogP contribution >= 0.6 is 11.3 Å². The maximum Gasteiger partial charge on any atom is 0.303 e. The summed E-state index contributed by atoms with van der Waals surface area (Å²) in [7, 11) is 0. The van der Waals surface area contributed by atoms with Gasteiger partial charge in [0.1, 0.15) is 0 Å². The van der Waals surface area contributed by atoms with Crippen molar-refractivity contribution in [2.75, 3.05) is 6.54 Å². The highest BCUT2D eigenvalue weighted by Crippen LogP contribution is 2.20. The van der Waals surface area contributed by atoms with Crippen LogP contribution in [0.2, 0.25) is 0 Å². The van der Waals surface area contributed by atoms with E-state index in [2.05, 4.69) is 5.32 Å². The van der Waals surface area contributed by atoms with E-state index < -0.39 is 5.97 Å². The summed E-state index contributed by atoms with van der Waals surface area (Å²) in [5.74, 6) is -0.955. The summed E-state index contributed by atoms with van der Waals surface area (Å²) >= 11 is 1.59. The van der Waals surface area contributed by atoms with Gasteiger partial charge < -0.3 is 10.4 Å². The summed E-state index contributed by atoms with van der Waals surface area (Å²) in [6, 6.07) is 1.85. The van der Waals surface area contributed by atoms with Crippen LogP contribution in [0.1, 0.15) is 33.0 Å². The van der Waals surface area contributed by atoms with Crippen molar-refractivity contribution >= 4 is 23.2 Å². The second-order valence-corrected chi connectivity index (χ2v) is 5.04. The largest absolute Gasteiger partial charge is 0.481 e. The minimum atomic E-state index is -0.836. The van der Waals surface area contributed by atoms with Gasteiger partial charge in [0.2, 0.25) is 0 Å². The van der Waals surface area contributed by atoms with E-state index >= 15 is 0 Å².